The minimum atomic E-state index is -0.493. The molecule has 1 aliphatic rings. The van der Waals surface area contributed by atoms with Crippen molar-refractivity contribution in [3.05, 3.63) is 69.6 Å². The molecule has 156 valence electrons. The summed E-state index contributed by atoms with van der Waals surface area (Å²) in [6, 6.07) is 8.67. The summed E-state index contributed by atoms with van der Waals surface area (Å²) in [7, 11) is 0. The van der Waals surface area contributed by atoms with E-state index in [9.17, 15) is 10.1 Å². The van der Waals surface area contributed by atoms with Gasteiger partial charge >= 0.3 is 0 Å². The molecule has 5 N–H and O–H groups in total. The first-order chi connectivity index (χ1) is 15.0. The van der Waals surface area contributed by atoms with Crippen LogP contribution < -0.4 is 22.2 Å². The maximum atomic E-state index is 13.6. The van der Waals surface area contributed by atoms with E-state index in [4.69, 9.17) is 15.9 Å². The maximum absolute atomic E-state index is 13.6. The highest BCUT2D eigenvalue weighted by molar-refractivity contribution is 5.82. The van der Waals surface area contributed by atoms with E-state index in [0.29, 0.717) is 28.7 Å². The standard InChI is InChI=1S/C23H22N6O2/c1-2-16(27-22-15(12-24)21(25)28-23(26)29-22)18-19(30)14-10-6-7-11-17(14)31-20(18)13-8-4-3-5-9-13/h4,6-11,16H,2-3,5H2,1H3,(H5,25,26,27,28,29). The average molecular weight is 414 g/mol. The average Bonchev–Trinajstić information content (AvgIpc) is 2.78. The van der Waals surface area contributed by atoms with Gasteiger partial charge in [-0.25, -0.2) is 0 Å². The summed E-state index contributed by atoms with van der Waals surface area (Å²) in [6.07, 6.45) is 8.42. The zero-order valence-electron chi connectivity index (χ0n) is 17.1. The fourth-order valence-electron chi connectivity index (χ4n) is 3.72. The number of fused-ring (bicyclic) bond motifs is 1. The number of allylic oxidation sites excluding steroid dienone is 4. The Kier molecular flexibility index (Phi) is 5.41. The second-order valence-corrected chi connectivity index (χ2v) is 7.22. The van der Waals surface area contributed by atoms with Crippen LogP contribution in [0.2, 0.25) is 0 Å². The molecule has 0 saturated heterocycles. The molecule has 2 aromatic heterocycles. The van der Waals surface area contributed by atoms with Gasteiger partial charge in [0.15, 0.2) is 11.2 Å². The van der Waals surface area contributed by atoms with Gasteiger partial charge in [-0.15, -0.1) is 0 Å². The van der Waals surface area contributed by atoms with Crippen molar-refractivity contribution < 1.29 is 4.42 Å². The summed E-state index contributed by atoms with van der Waals surface area (Å²) < 4.78 is 6.23. The highest BCUT2D eigenvalue weighted by Gasteiger charge is 2.25. The molecule has 8 heteroatoms. The van der Waals surface area contributed by atoms with Crippen LogP contribution in [0, 0.1) is 11.3 Å². The number of aromatic nitrogens is 2. The van der Waals surface area contributed by atoms with Crippen LogP contribution in [0.4, 0.5) is 17.6 Å². The molecule has 1 aliphatic carbocycles. The molecule has 2 heterocycles. The number of hydrogen-bond donors (Lipinski definition) is 3. The quantitative estimate of drug-likeness (QED) is 0.570. The van der Waals surface area contributed by atoms with Gasteiger partial charge in [0.05, 0.1) is 17.0 Å². The smallest absolute Gasteiger partial charge is 0.224 e. The zero-order valence-corrected chi connectivity index (χ0v) is 17.1. The fraction of sp³-hybridized carbons (Fsp3) is 0.217. The number of para-hydroxylation sites is 1. The third kappa shape index (κ3) is 3.73. The van der Waals surface area contributed by atoms with E-state index >= 15 is 0 Å². The maximum Gasteiger partial charge on any atom is 0.224 e. The molecule has 0 fully saturated rings. The lowest BCUT2D eigenvalue weighted by Gasteiger charge is -2.22. The number of nitriles is 1. The molecule has 31 heavy (non-hydrogen) atoms. The van der Waals surface area contributed by atoms with Crippen LogP contribution in [0.5, 0.6) is 0 Å². The Labute approximate surface area is 178 Å². The Bertz CT molecular complexity index is 1320. The third-order valence-corrected chi connectivity index (χ3v) is 5.22. The van der Waals surface area contributed by atoms with Gasteiger partial charge in [-0.1, -0.05) is 37.3 Å². The molecule has 0 radical (unpaired) electrons. The highest BCUT2D eigenvalue weighted by Crippen LogP contribution is 2.33. The van der Waals surface area contributed by atoms with Crippen LogP contribution in [-0.2, 0) is 0 Å². The largest absolute Gasteiger partial charge is 0.455 e. The molecule has 0 amide bonds. The van der Waals surface area contributed by atoms with Crippen molar-refractivity contribution in [2.75, 3.05) is 16.8 Å². The number of nitrogens with zero attached hydrogens (tertiary/aromatic N) is 3. The number of nitrogens with one attached hydrogen (secondary N) is 1. The van der Waals surface area contributed by atoms with Crippen LogP contribution >= 0.6 is 0 Å². The molecule has 1 atom stereocenters. The Balaban J connectivity index is 1.92. The summed E-state index contributed by atoms with van der Waals surface area (Å²) in [5.74, 6) is 0.618. The van der Waals surface area contributed by atoms with Gasteiger partial charge in [0.25, 0.3) is 0 Å². The molecular weight excluding hydrogens is 392 g/mol. The van der Waals surface area contributed by atoms with Gasteiger partial charge in [-0.3, -0.25) is 4.79 Å². The summed E-state index contributed by atoms with van der Waals surface area (Å²) in [5, 5.41) is 13.2. The van der Waals surface area contributed by atoms with Crippen molar-refractivity contribution in [2.45, 2.75) is 32.2 Å². The summed E-state index contributed by atoms with van der Waals surface area (Å²) in [6.45, 7) is 1.93. The van der Waals surface area contributed by atoms with Crippen molar-refractivity contribution in [3.8, 4) is 6.07 Å². The van der Waals surface area contributed by atoms with Crippen molar-refractivity contribution in [2.24, 2.45) is 0 Å². The van der Waals surface area contributed by atoms with E-state index in [1.54, 1.807) is 18.2 Å². The monoisotopic (exact) mass is 414 g/mol. The summed E-state index contributed by atoms with van der Waals surface area (Å²) in [5.41, 5.74) is 13.4. The Morgan fingerprint density at radius 3 is 2.77 bits per heavy atom. The zero-order chi connectivity index (χ0) is 22.0. The summed E-state index contributed by atoms with van der Waals surface area (Å²) in [4.78, 5) is 21.6. The molecule has 0 spiro atoms. The first-order valence-corrected chi connectivity index (χ1v) is 10.1. The van der Waals surface area contributed by atoms with Crippen molar-refractivity contribution >= 4 is 34.1 Å². The van der Waals surface area contributed by atoms with Crippen molar-refractivity contribution in [3.63, 3.8) is 0 Å². The van der Waals surface area contributed by atoms with Crippen LogP contribution in [0.1, 0.15) is 49.1 Å². The molecule has 1 aromatic carbocycles. The molecule has 0 aliphatic heterocycles. The SMILES string of the molecule is CCC(Nc1nc(N)nc(N)c1C#N)c1c(C2=CCCC=C2)oc2ccccc2c1=O. The fourth-order valence-corrected chi connectivity index (χ4v) is 3.72. The molecular formula is C23H22N6O2. The van der Waals surface area contributed by atoms with Gasteiger partial charge in [0, 0.05) is 5.57 Å². The van der Waals surface area contributed by atoms with E-state index in [1.165, 1.54) is 0 Å². The lowest BCUT2D eigenvalue weighted by atomic mass is 9.94. The minimum absolute atomic E-state index is 0.0176. The lowest BCUT2D eigenvalue weighted by Crippen LogP contribution is -2.23. The second-order valence-electron chi connectivity index (χ2n) is 7.22. The van der Waals surface area contributed by atoms with E-state index in [1.807, 2.05) is 25.1 Å². The topological polar surface area (TPSA) is 144 Å². The number of anilines is 3. The lowest BCUT2D eigenvalue weighted by molar-refractivity contribution is 0.563. The molecule has 4 rings (SSSR count). The third-order valence-electron chi connectivity index (χ3n) is 5.22. The van der Waals surface area contributed by atoms with Crippen LogP contribution in [0.15, 0.2) is 51.7 Å². The van der Waals surface area contributed by atoms with E-state index in [0.717, 1.165) is 18.4 Å². The van der Waals surface area contributed by atoms with Gasteiger partial charge in [-0.05, 0) is 31.4 Å². The Morgan fingerprint density at radius 1 is 1.26 bits per heavy atom. The molecule has 8 nitrogen and oxygen atoms in total. The number of rotatable bonds is 5. The summed E-state index contributed by atoms with van der Waals surface area (Å²) >= 11 is 0. The Morgan fingerprint density at radius 2 is 2.06 bits per heavy atom. The van der Waals surface area contributed by atoms with Gasteiger partial charge < -0.3 is 21.2 Å². The normalized spacial score (nSPS) is 14.1. The number of nitrogen functional groups attached to an aromatic ring is 2. The first kappa shape index (κ1) is 20.2. The second kappa shape index (κ2) is 8.32. The van der Waals surface area contributed by atoms with Crippen molar-refractivity contribution in [1.29, 1.82) is 5.26 Å². The number of hydrogen-bond acceptors (Lipinski definition) is 8. The van der Waals surface area contributed by atoms with Crippen LogP contribution in [0.3, 0.4) is 0 Å². The Hall–Kier alpha value is -4.12. The predicted molar refractivity (Wildman–Crippen MR) is 121 cm³/mol. The van der Waals surface area contributed by atoms with E-state index < -0.39 is 6.04 Å². The molecule has 1 unspecified atom stereocenters. The van der Waals surface area contributed by atoms with E-state index in [-0.39, 0.29) is 28.6 Å². The first-order valence-electron chi connectivity index (χ1n) is 10.1. The van der Waals surface area contributed by atoms with Crippen LogP contribution in [0.25, 0.3) is 16.5 Å². The molecule has 3 aromatic rings. The molecule has 0 saturated carbocycles. The van der Waals surface area contributed by atoms with Gasteiger partial charge in [0.2, 0.25) is 5.95 Å². The predicted octanol–water partition coefficient (Wildman–Crippen LogP) is 3.92. The van der Waals surface area contributed by atoms with Crippen molar-refractivity contribution in [1.82, 2.24) is 9.97 Å². The van der Waals surface area contributed by atoms with Gasteiger partial charge in [0.1, 0.15) is 28.8 Å². The minimum Gasteiger partial charge on any atom is -0.455 e. The van der Waals surface area contributed by atoms with E-state index in [2.05, 4.69) is 27.4 Å². The van der Waals surface area contributed by atoms with Gasteiger partial charge in [-0.2, -0.15) is 15.2 Å². The van der Waals surface area contributed by atoms with Crippen LogP contribution in [-0.4, -0.2) is 9.97 Å². The number of nitrogens with two attached hydrogens (primary N) is 2. The number of benzene rings is 1. The highest BCUT2D eigenvalue weighted by atomic mass is 16.3. The molecule has 0 bridgehead atoms.